The van der Waals surface area contributed by atoms with Crippen molar-refractivity contribution in [1.82, 2.24) is 4.90 Å². The van der Waals surface area contributed by atoms with Crippen LogP contribution >= 0.6 is 0 Å². The number of hydrogen-bond donors (Lipinski definition) is 0. The van der Waals surface area contributed by atoms with Gasteiger partial charge in [0.25, 0.3) is 0 Å². The van der Waals surface area contributed by atoms with Crippen LogP contribution in [0.15, 0.2) is 11.6 Å². The molecule has 1 fully saturated rings. The van der Waals surface area contributed by atoms with Crippen LogP contribution in [0.3, 0.4) is 0 Å². The van der Waals surface area contributed by atoms with Gasteiger partial charge in [0.2, 0.25) is 5.91 Å². The van der Waals surface area contributed by atoms with Crippen molar-refractivity contribution >= 4 is 11.9 Å². The molecule has 1 heterocycles. The molecule has 1 saturated heterocycles. The molecular formula is C14H21NO4. The average molecular weight is 267 g/mol. The Balaban J connectivity index is 1.89. The Morgan fingerprint density at radius 2 is 2.16 bits per heavy atom. The lowest BCUT2D eigenvalue weighted by atomic mass is 9.97. The molecule has 5 heteroatoms. The number of morpholine rings is 1. The van der Waals surface area contributed by atoms with Crippen LogP contribution in [0.4, 0.5) is 0 Å². The van der Waals surface area contributed by atoms with Gasteiger partial charge in [0.1, 0.15) is 0 Å². The van der Waals surface area contributed by atoms with E-state index in [1.807, 2.05) is 11.0 Å². The van der Waals surface area contributed by atoms with E-state index >= 15 is 0 Å². The van der Waals surface area contributed by atoms with Gasteiger partial charge in [-0.15, -0.1) is 0 Å². The molecule has 0 bridgehead atoms. The SMILES string of the molecule is CCOC(=O)C1=CCCC1CC(=O)N1CCOCC1. The maximum Gasteiger partial charge on any atom is 0.333 e. The minimum atomic E-state index is -0.264. The molecule has 5 nitrogen and oxygen atoms in total. The number of nitrogens with zero attached hydrogens (tertiary/aromatic N) is 1. The van der Waals surface area contributed by atoms with E-state index in [0.29, 0.717) is 44.9 Å². The highest BCUT2D eigenvalue weighted by atomic mass is 16.5. The van der Waals surface area contributed by atoms with Crippen LogP contribution in [0.5, 0.6) is 0 Å². The fourth-order valence-electron chi connectivity index (χ4n) is 2.59. The number of amides is 1. The van der Waals surface area contributed by atoms with Crippen molar-refractivity contribution in [2.45, 2.75) is 26.2 Å². The third-order valence-corrected chi connectivity index (χ3v) is 3.62. The molecule has 0 radical (unpaired) electrons. The van der Waals surface area contributed by atoms with E-state index in [1.54, 1.807) is 6.92 Å². The first-order valence-corrected chi connectivity index (χ1v) is 6.95. The largest absolute Gasteiger partial charge is 0.463 e. The summed E-state index contributed by atoms with van der Waals surface area (Å²) in [4.78, 5) is 25.8. The lowest BCUT2D eigenvalue weighted by Gasteiger charge is -2.28. The first-order valence-electron chi connectivity index (χ1n) is 6.95. The summed E-state index contributed by atoms with van der Waals surface area (Å²) in [5, 5.41) is 0. The first kappa shape index (κ1) is 14.1. The molecule has 1 unspecified atom stereocenters. The number of carbonyl (C=O) groups excluding carboxylic acids is 2. The lowest BCUT2D eigenvalue weighted by molar-refractivity contribution is -0.139. The van der Waals surface area contributed by atoms with Crippen molar-refractivity contribution in [1.29, 1.82) is 0 Å². The van der Waals surface area contributed by atoms with Crippen molar-refractivity contribution in [3.8, 4) is 0 Å². The van der Waals surface area contributed by atoms with Gasteiger partial charge in [-0.05, 0) is 25.7 Å². The molecule has 1 aliphatic carbocycles. The molecule has 106 valence electrons. The zero-order valence-corrected chi connectivity index (χ0v) is 11.4. The lowest BCUT2D eigenvalue weighted by Crippen LogP contribution is -2.41. The Hall–Kier alpha value is -1.36. The predicted octanol–water partition coefficient (Wildman–Crippen LogP) is 1.13. The maximum absolute atomic E-state index is 12.2. The van der Waals surface area contributed by atoms with Crippen molar-refractivity contribution in [2.24, 2.45) is 5.92 Å². The number of hydrogen-bond acceptors (Lipinski definition) is 4. The van der Waals surface area contributed by atoms with Crippen LogP contribution in [0, 0.1) is 5.92 Å². The summed E-state index contributed by atoms with van der Waals surface area (Å²) in [6.07, 6.45) is 4.04. The van der Waals surface area contributed by atoms with Crippen LogP contribution < -0.4 is 0 Å². The van der Waals surface area contributed by atoms with Gasteiger partial charge in [0, 0.05) is 25.1 Å². The number of rotatable bonds is 4. The molecule has 0 aromatic rings. The second-order valence-electron chi connectivity index (χ2n) is 4.85. The molecule has 2 rings (SSSR count). The van der Waals surface area contributed by atoms with Crippen LogP contribution in [0.2, 0.25) is 0 Å². The Morgan fingerprint density at radius 3 is 2.84 bits per heavy atom. The number of allylic oxidation sites excluding steroid dienone is 1. The van der Waals surface area contributed by atoms with Gasteiger partial charge in [-0.2, -0.15) is 0 Å². The molecule has 1 atom stereocenters. The molecule has 0 aromatic heterocycles. The smallest absolute Gasteiger partial charge is 0.333 e. The van der Waals surface area contributed by atoms with Gasteiger partial charge in [-0.25, -0.2) is 4.79 Å². The minimum Gasteiger partial charge on any atom is -0.463 e. The average Bonchev–Trinajstić information content (AvgIpc) is 2.88. The Morgan fingerprint density at radius 1 is 1.42 bits per heavy atom. The van der Waals surface area contributed by atoms with E-state index in [9.17, 15) is 9.59 Å². The molecule has 1 amide bonds. The molecule has 19 heavy (non-hydrogen) atoms. The molecule has 0 aromatic carbocycles. The van der Waals surface area contributed by atoms with Crippen LogP contribution in [0.1, 0.15) is 26.2 Å². The standard InChI is InChI=1S/C14H21NO4/c1-2-19-14(17)12-5-3-4-11(12)10-13(16)15-6-8-18-9-7-15/h5,11H,2-4,6-10H2,1H3. The van der Waals surface area contributed by atoms with E-state index in [-0.39, 0.29) is 17.8 Å². The van der Waals surface area contributed by atoms with Gasteiger partial charge in [0.05, 0.1) is 19.8 Å². The molecule has 0 N–H and O–H groups in total. The summed E-state index contributed by atoms with van der Waals surface area (Å²) in [6, 6.07) is 0. The number of esters is 1. The second kappa shape index (κ2) is 6.70. The number of carbonyl (C=O) groups is 2. The van der Waals surface area contributed by atoms with Crippen LogP contribution in [0.25, 0.3) is 0 Å². The summed E-state index contributed by atoms with van der Waals surface area (Å²) in [5.74, 6) is -0.125. The highest BCUT2D eigenvalue weighted by Crippen LogP contribution is 2.30. The monoisotopic (exact) mass is 267 g/mol. The minimum absolute atomic E-state index is 0.0226. The Labute approximate surface area is 113 Å². The quantitative estimate of drug-likeness (QED) is 0.717. The maximum atomic E-state index is 12.2. The fraction of sp³-hybridized carbons (Fsp3) is 0.714. The van der Waals surface area contributed by atoms with E-state index in [2.05, 4.69) is 0 Å². The van der Waals surface area contributed by atoms with E-state index in [4.69, 9.17) is 9.47 Å². The predicted molar refractivity (Wildman–Crippen MR) is 69.5 cm³/mol. The van der Waals surface area contributed by atoms with Gasteiger partial charge >= 0.3 is 5.97 Å². The fourth-order valence-corrected chi connectivity index (χ4v) is 2.59. The zero-order valence-electron chi connectivity index (χ0n) is 11.4. The first-order chi connectivity index (χ1) is 9.22. The topological polar surface area (TPSA) is 55.8 Å². The van der Waals surface area contributed by atoms with Crippen molar-refractivity contribution in [3.63, 3.8) is 0 Å². The highest BCUT2D eigenvalue weighted by Gasteiger charge is 2.29. The second-order valence-corrected chi connectivity index (χ2v) is 4.85. The van der Waals surface area contributed by atoms with E-state index < -0.39 is 0 Å². The summed E-state index contributed by atoms with van der Waals surface area (Å²) < 4.78 is 10.3. The Kier molecular flexibility index (Phi) is 4.96. The normalized spacial score (nSPS) is 23.1. The summed E-state index contributed by atoms with van der Waals surface area (Å²) in [6.45, 7) is 4.70. The third-order valence-electron chi connectivity index (χ3n) is 3.62. The summed E-state index contributed by atoms with van der Waals surface area (Å²) >= 11 is 0. The van der Waals surface area contributed by atoms with Crippen molar-refractivity contribution < 1.29 is 19.1 Å². The molecule has 1 aliphatic heterocycles. The molecular weight excluding hydrogens is 246 g/mol. The molecule has 0 saturated carbocycles. The van der Waals surface area contributed by atoms with E-state index in [1.165, 1.54) is 0 Å². The van der Waals surface area contributed by atoms with Gasteiger partial charge in [-0.1, -0.05) is 6.08 Å². The van der Waals surface area contributed by atoms with Gasteiger partial charge in [0.15, 0.2) is 0 Å². The number of ether oxygens (including phenoxy) is 2. The molecule has 2 aliphatic rings. The summed E-state index contributed by atoms with van der Waals surface area (Å²) in [5.41, 5.74) is 0.684. The van der Waals surface area contributed by atoms with Crippen molar-refractivity contribution in [2.75, 3.05) is 32.9 Å². The Bertz CT molecular complexity index is 372. The van der Waals surface area contributed by atoms with Gasteiger partial charge < -0.3 is 14.4 Å². The van der Waals surface area contributed by atoms with Crippen LogP contribution in [-0.2, 0) is 19.1 Å². The highest BCUT2D eigenvalue weighted by molar-refractivity contribution is 5.91. The van der Waals surface area contributed by atoms with Crippen LogP contribution in [-0.4, -0.2) is 49.7 Å². The summed E-state index contributed by atoms with van der Waals surface area (Å²) in [7, 11) is 0. The van der Waals surface area contributed by atoms with Gasteiger partial charge in [-0.3, -0.25) is 4.79 Å². The van der Waals surface area contributed by atoms with Crippen molar-refractivity contribution in [3.05, 3.63) is 11.6 Å². The third kappa shape index (κ3) is 3.56. The van der Waals surface area contributed by atoms with E-state index in [0.717, 1.165) is 12.8 Å². The zero-order chi connectivity index (χ0) is 13.7. The molecule has 0 spiro atoms.